The van der Waals surface area contributed by atoms with E-state index in [0.29, 0.717) is 32.8 Å². The number of ether oxygens (including phenoxy) is 4. The van der Waals surface area contributed by atoms with Crippen LogP contribution in [-0.2, 0) is 24.7 Å². The summed E-state index contributed by atoms with van der Waals surface area (Å²) in [7, 11) is 0. The van der Waals surface area contributed by atoms with Crippen molar-refractivity contribution >= 4 is 0 Å². The molecule has 2 aliphatic heterocycles. The summed E-state index contributed by atoms with van der Waals surface area (Å²) in [6, 6.07) is 20.1. The fourth-order valence-corrected chi connectivity index (χ4v) is 4.45. The van der Waals surface area contributed by atoms with Crippen molar-refractivity contribution in [1.29, 1.82) is 0 Å². The van der Waals surface area contributed by atoms with Crippen molar-refractivity contribution in [3.63, 3.8) is 0 Å². The van der Waals surface area contributed by atoms with Crippen LogP contribution in [0.1, 0.15) is 42.9 Å². The van der Waals surface area contributed by atoms with E-state index in [-0.39, 0.29) is 25.0 Å². The SMILES string of the molecule is OC[C@H](N[C@@H](CCCC1OCCO1)CC1(c2ccccc2)OCCO1)c1ccccc1. The molecule has 0 radical (unpaired) electrons. The van der Waals surface area contributed by atoms with E-state index >= 15 is 0 Å². The summed E-state index contributed by atoms with van der Waals surface area (Å²) >= 11 is 0. The molecule has 2 aromatic carbocycles. The number of benzene rings is 2. The Labute approximate surface area is 184 Å². The Morgan fingerprint density at radius 3 is 2.19 bits per heavy atom. The van der Waals surface area contributed by atoms with Crippen LogP contribution in [0.4, 0.5) is 0 Å². The van der Waals surface area contributed by atoms with E-state index in [9.17, 15) is 5.11 Å². The van der Waals surface area contributed by atoms with E-state index in [1.54, 1.807) is 0 Å². The second kappa shape index (κ2) is 11.2. The predicted molar refractivity (Wildman–Crippen MR) is 117 cm³/mol. The highest BCUT2D eigenvalue weighted by Crippen LogP contribution is 2.37. The highest BCUT2D eigenvalue weighted by molar-refractivity contribution is 5.22. The summed E-state index contributed by atoms with van der Waals surface area (Å²) in [6.07, 6.45) is 3.25. The zero-order chi connectivity index (χ0) is 21.4. The van der Waals surface area contributed by atoms with Crippen molar-refractivity contribution in [2.24, 2.45) is 0 Å². The Morgan fingerprint density at radius 2 is 1.55 bits per heavy atom. The first-order chi connectivity index (χ1) is 15.3. The molecular weight excluding hydrogens is 394 g/mol. The fourth-order valence-electron chi connectivity index (χ4n) is 4.45. The third kappa shape index (κ3) is 5.92. The van der Waals surface area contributed by atoms with Crippen LogP contribution in [0, 0.1) is 0 Å². The van der Waals surface area contributed by atoms with Gasteiger partial charge in [-0.15, -0.1) is 0 Å². The Bertz CT molecular complexity index is 760. The van der Waals surface area contributed by atoms with Gasteiger partial charge in [0.15, 0.2) is 12.1 Å². The molecule has 0 unspecified atom stereocenters. The molecule has 2 atom stereocenters. The molecule has 0 amide bonds. The van der Waals surface area contributed by atoms with Gasteiger partial charge in [-0.3, -0.25) is 0 Å². The van der Waals surface area contributed by atoms with Crippen LogP contribution in [0.15, 0.2) is 60.7 Å². The molecule has 2 aliphatic rings. The summed E-state index contributed by atoms with van der Waals surface area (Å²) < 4.78 is 23.6. The van der Waals surface area contributed by atoms with Crippen LogP contribution in [0.3, 0.4) is 0 Å². The topological polar surface area (TPSA) is 69.2 Å². The maximum absolute atomic E-state index is 10.1. The number of aliphatic hydroxyl groups is 1. The van der Waals surface area contributed by atoms with Crippen LogP contribution in [0.2, 0.25) is 0 Å². The van der Waals surface area contributed by atoms with Gasteiger partial charge in [0.1, 0.15) is 0 Å². The molecule has 2 saturated heterocycles. The Kier molecular flexibility index (Phi) is 8.08. The van der Waals surface area contributed by atoms with Gasteiger partial charge in [0.2, 0.25) is 0 Å². The lowest BCUT2D eigenvalue weighted by Gasteiger charge is -2.34. The minimum absolute atomic E-state index is 0.0232. The van der Waals surface area contributed by atoms with E-state index in [2.05, 4.69) is 17.4 Å². The molecule has 4 rings (SSSR count). The summed E-state index contributed by atoms with van der Waals surface area (Å²) in [4.78, 5) is 0. The Hall–Kier alpha value is -1.80. The van der Waals surface area contributed by atoms with Gasteiger partial charge in [-0.05, 0) is 24.8 Å². The minimum Gasteiger partial charge on any atom is -0.394 e. The number of nitrogens with one attached hydrogen (secondary N) is 1. The Morgan fingerprint density at radius 1 is 0.903 bits per heavy atom. The molecule has 2 fully saturated rings. The summed E-state index contributed by atoms with van der Waals surface area (Å²) in [5.41, 5.74) is 2.10. The van der Waals surface area contributed by atoms with Crippen LogP contribution in [0.5, 0.6) is 0 Å². The summed E-state index contributed by atoms with van der Waals surface area (Å²) in [5.74, 6) is -0.768. The van der Waals surface area contributed by atoms with Crippen molar-refractivity contribution in [3.8, 4) is 0 Å². The predicted octanol–water partition coefficient (Wildman–Crippen LogP) is 3.51. The maximum atomic E-state index is 10.1. The van der Waals surface area contributed by atoms with Crippen LogP contribution in [-0.4, -0.2) is 50.5 Å². The highest BCUT2D eigenvalue weighted by Gasteiger charge is 2.41. The number of aliphatic hydroxyl groups excluding tert-OH is 1. The molecule has 0 saturated carbocycles. The van der Waals surface area contributed by atoms with Crippen molar-refractivity contribution in [1.82, 2.24) is 5.32 Å². The molecule has 6 heteroatoms. The smallest absolute Gasteiger partial charge is 0.196 e. The van der Waals surface area contributed by atoms with Crippen molar-refractivity contribution < 1.29 is 24.1 Å². The van der Waals surface area contributed by atoms with Crippen molar-refractivity contribution in [2.45, 2.75) is 49.8 Å². The normalized spacial score (nSPS) is 20.7. The second-order valence-electron chi connectivity index (χ2n) is 8.13. The molecule has 168 valence electrons. The average molecular weight is 428 g/mol. The lowest BCUT2D eigenvalue weighted by molar-refractivity contribution is -0.176. The number of hydrogen-bond acceptors (Lipinski definition) is 6. The van der Waals surface area contributed by atoms with E-state index < -0.39 is 5.79 Å². The molecule has 2 heterocycles. The van der Waals surface area contributed by atoms with Gasteiger partial charge >= 0.3 is 0 Å². The average Bonchev–Trinajstić information content (AvgIpc) is 3.51. The van der Waals surface area contributed by atoms with Gasteiger partial charge in [-0.2, -0.15) is 0 Å². The van der Waals surface area contributed by atoms with Gasteiger partial charge in [0.25, 0.3) is 0 Å². The first kappa shape index (κ1) is 22.4. The highest BCUT2D eigenvalue weighted by atomic mass is 16.7. The molecule has 2 aromatic rings. The molecule has 0 aliphatic carbocycles. The summed E-state index contributed by atoms with van der Waals surface area (Å²) in [6.45, 7) is 2.52. The first-order valence-electron chi connectivity index (χ1n) is 11.3. The lowest BCUT2D eigenvalue weighted by Crippen LogP contribution is -2.41. The minimum atomic E-state index is -0.768. The van der Waals surface area contributed by atoms with Gasteiger partial charge in [-0.1, -0.05) is 60.7 Å². The monoisotopic (exact) mass is 427 g/mol. The van der Waals surface area contributed by atoms with Gasteiger partial charge < -0.3 is 29.4 Å². The van der Waals surface area contributed by atoms with E-state index in [0.717, 1.165) is 30.4 Å². The number of hydrogen-bond donors (Lipinski definition) is 2. The molecule has 0 spiro atoms. The van der Waals surface area contributed by atoms with E-state index in [4.69, 9.17) is 18.9 Å². The first-order valence-corrected chi connectivity index (χ1v) is 11.3. The number of rotatable bonds is 11. The zero-order valence-corrected chi connectivity index (χ0v) is 17.9. The lowest BCUT2D eigenvalue weighted by atomic mass is 9.93. The molecule has 6 nitrogen and oxygen atoms in total. The molecular formula is C25H33NO5. The van der Waals surface area contributed by atoms with Gasteiger partial charge in [0.05, 0.1) is 39.1 Å². The Balaban J connectivity index is 1.49. The standard InChI is InChI=1S/C25H33NO5/c27-19-23(20-8-3-1-4-9-20)26-22(12-7-13-24-28-14-15-29-24)18-25(30-16-17-31-25)21-10-5-2-6-11-21/h1-6,8-11,22-24,26-27H,7,12-19H2/t22-,23-/m0/s1. The molecule has 2 N–H and O–H groups in total. The third-order valence-electron chi connectivity index (χ3n) is 5.99. The van der Waals surface area contributed by atoms with Gasteiger partial charge in [0, 0.05) is 18.0 Å². The molecule has 0 aromatic heterocycles. The zero-order valence-electron chi connectivity index (χ0n) is 17.9. The second-order valence-corrected chi connectivity index (χ2v) is 8.13. The van der Waals surface area contributed by atoms with Gasteiger partial charge in [-0.25, -0.2) is 0 Å². The fraction of sp³-hybridized carbons (Fsp3) is 0.520. The molecule has 0 bridgehead atoms. The van der Waals surface area contributed by atoms with Crippen LogP contribution >= 0.6 is 0 Å². The quantitative estimate of drug-likeness (QED) is 0.572. The van der Waals surface area contributed by atoms with Crippen LogP contribution < -0.4 is 5.32 Å². The van der Waals surface area contributed by atoms with Crippen molar-refractivity contribution in [2.75, 3.05) is 33.0 Å². The van der Waals surface area contributed by atoms with E-state index in [1.807, 2.05) is 48.5 Å². The third-order valence-corrected chi connectivity index (χ3v) is 5.99. The van der Waals surface area contributed by atoms with Crippen LogP contribution in [0.25, 0.3) is 0 Å². The van der Waals surface area contributed by atoms with Crippen molar-refractivity contribution in [3.05, 3.63) is 71.8 Å². The summed E-state index contributed by atoms with van der Waals surface area (Å²) in [5, 5.41) is 13.8. The van der Waals surface area contributed by atoms with E-state index in [1.165, 1.54) is 0 Å². The largest absolute Gasteiger partial charge is 0.394 e. The maximum Gasteiger partial charge on any atom is 0.196 e. The molecule has 31 heavy (non-hydrogen) atoms.